The topological polar surface area (TPSA) is 26.3 Å². The van der Waals surface area contributed by atoms with Crippen molar-refractivity contribution < 1.29 is 9.53 Å². The molecule has 1 rings (SSSR count). The van der Waals surface area contributed by atoms with Crippen LogP contribution in [-0.2, 0) is 0 Å². The number of methoxy groups -OCH3 is 1. The zero-order valence-corrected chi connectivity index (χ0v) is 13.1. The average Bonchev–Trinajstić information content (AvgIpc) is 2.27. The van der Waals surface area contributed by atoms with Crippen molar-refractivity contribution in [3.8, 4) is 5.75 Å². The first-order valence-corrected chi connectivity index (χ1v) is 6.99. The van der Waals surface area contributed by atoms with Gasteiger partial charge in [-0.15, -0.1) is 0 Å². The number of benzene rings is 1. The van der Waals surface area contributed by atoms with E-state index in [1.165, 1.54) is 0 Å². The lowest BCUT2D eigenvalue weighted by molar-refractivity contribution is 0.0976. The molecule has 2 nitrogen and oxygen atoms in total. The molecule has 1 aromatic rings. The second-order valence-corrected chi connectivity index (χ2v) is 6.54. The average molecular weight is 313 g/mol. The summed E-state index contributed by atoms with van der Waals surface area (Å²) >= 11 is 3.40. The molecule has 18 heavy (non-hydrogen) atoms. The van der Waals surface area contributed by atoms with Crippen molar-refractivity contribution in [1.29, 1.82) is 0 Å². The minimum Gasteiger partial charge on any atom is -0.496 e. The number of halogens is 1. The van der Waals surface area contributed by atoms with Gasteiger partial charge < -0.3 is 4.74 Å². The van der Waals surface area contributed by atoms with Gasteiger partial charge >= 0.3 is 0 Å². The van der Waals surface area contributed by atoms with Gasteiger partial charge in [0.05, 0.1) is 11.6 Å². The SMILES string of the molecule is COc1ccc(C(=O)CCCC(C)(C)C)cc1Br. The van der Waals surface area contributed by atoms with Gasteiger partial charge in [0.25, 0.3) is 0 Å². The standard InChI is InChI=1S/C15H21BrO2/c1-15(2,3)9-5-6-13(17)11-7-8-14(18-4)12(16)10-11/h7-8,10H,5-6,9H2,1-4H3. The first-order chi connectivity index (χ1) is 8.33. The molecular formula is C15H21BrO2. The molecule has 0 saturated heterocycles. The summed E-state index contributed by atoms with van der Waals surface area (Å²) in [6.07, 6.45) is 2.61. The maximum Gasteiger partial charge on any atom is 0.162 e. The van der Waals surface area contributed by atoms with Crippen LogP contribution in [0.1, 0.15) is 50.4 Å². The van der Waals surface area contributed by atoms with E-state index in [1.54, 1.807) is 7.11 Å². The maximum absolute atomic E-state index is 12.0. The summed E-state index contributed by atoms with van der Waals surface area (Å²) in [6, 6.07) is 5.47. The lowest BCUT2D eigenvalue weighted by Gasteiger charge is -2.17. The van der Waals surface area contributed by atoms with Gasteiger partial charge in [0.2, 0.25) is 0 Å². The fourth-order valence-corrected chi connectivity index (χ4v) is 2.30. The number of hydrogen-bond donors (Lipinski definition) is 0. The van der Waals surface area contributed by atoms with Crippen LogP contribution in [0.2, 0.25) is 0 Å². The third-order valence-electron chi connectivity index (χ3n) is 2.80. The molecule has 0 heterocycles. The van der Waals surface area contributed by atoms with Crippen molar-refractivity contribution in [1.82, 2.24) is 0 Å². The molecule has 0 spiro atoms. The van der Waals surface area contributed by atoms with Crippen LogP contribution in [0.4, 0.5) is 0 Å². The van der Waals surface area contributed by atoms with E-state index in [4.69, 9.17) is 4.74 Å². The Labute approximate surface area is 118 Å². The number of ketones is 1. The fraction of sp³-hybridized carbons (Fsp3) is 0.533. The fourth-order valence-electron chi connectivity index (χ4n) is 1.76. The number of hydrogen-bond acceptors (Lipinski definition) is 2. The second-order valence-electron chi connectivity index (χ2n) is 5.69. The van der Waals surface area contributed by atoms with E-state index >= 15 is 0 Å². The highest BCUT2D eigenvalue weighted by Crippen LogP contribution is 2.27. The van der Waals surface area contributed by atoms with Gasteiger partial charge in [-0.05, 0) is 52.4 Å². The molecule has 1 aromatic carbocycles. The van der Waals surface area contributed by atoms with Gasteiger partial charge in [0, 0.05) is 12.0 Å². The van der Waals surface area contributed by atoms with Crippen LogP contribution in [0.5, 0.6) is 5.75 Å². The molecule has 0 aliphatic heterocycles. The Morgan fingerprint density at radius 1 is 1.33 bits per heavy atom. The molecule has 0 unspecified atom stereocenters. The van der Waals surface area contributed by atoms with E-state index in [1.807, 2.05) is 18.2 Å². The lowest BCUT2D eigenvalue weighted by atomic mass is 9.89. The second kappa shape index (κ2) is 6.37. The normalized spacial score (nSPS) is 11.4. The Balaban J connectivity index is 2.59. The van der Waals surface area contributed by atoms with Crippen molar-refractivity contribution in [2.75, 3.05) is 7.11 Å². The predicted octanol–water partition coefficient (Wildman–Crippen LogP) is 4.86. The predicted molar refractivity (Wildman–Crippen MR) is 78.3 cm³/mol. The minimum atomic E-state index is 0.197. The highest BCUT2D eigenvalue weighted by molar-refractivity contribution is 9.10. The summed E-state index contributed by atoms with van der Waals surface area (Å²) in [5.74, 6) is 0.948. The van der Waals surface area contributed by atoms with Gasteiger partial charge in [0.15, 0.2) is 5.78 Å². The summed E-state index contributed by atoms with van der Waals surface area (Å²) < 4.78 is 5.97. The van der Waals surface area contributed by atoms with Gasteiger partial charge in [-0.3, -0.25) is 4.79 Å². The number of carbonyl (C=O) groups excluding carboxylic acids is 1. The number of Topliss-reactive ketones (excluding diaryl/α,β-unsaturated/α-hetero) is 1. The summed E-state index contributed by atoms with van der Waals surface area (Å²) in [4.78, 5) is 12.0. The molecule has 0 radical (unpaired) electrons. The maximum atomic E-state index is 12.0. The molecule has 0 aliphatic rings. The molecular weight excluding hydrogens is 292 g/mol. The van der Waals surface area contributed by atoms with Crippen LogP contribution in [0, 0.1) is 5.41 Å². The van der Waals surface area contributed by atoms with Crippen LogP contribution in [0.3, 0.4) is 0 Å². The van der Waals surface area contributed by atoms with Crippen LogP contribution in [0.15, 0.2) is 22.7 Å². The molecule has 0 N–H and O–H groups in total. The van der Waals surface area contributed by atoms with Gasteiger partial charge in [-0.1, -0.05) is 20.8 Å². The Kier molecular flexibility index (Phi) is 5.39. The molecule has 0 bridgehead atoms. The molecule has 0 saturated carbocycles. The summed E-state index contributed by atoms with van der Waals surface area (Å²) in [5.41, 5.74) is 1.04. The number of ether oxygens (including phenoxy) is 1. The zero-order chi connectivity index (χ0) is 13.8. The third kappa shape index (κ3) is 4.81. The molecule has 100 valence electrons. The smallest absolute Gasteiger partial charge is 0.162 e. The van der Waals surface area contributed by atoms with Crippen molar-refractivity contribution in [2.45, 2.75) is 40.0 Å². The third-order valence-corrected chi connectivity index (χ3v) is 3.42. The first-order valence-electron chi connectivity index (χ1n) is 6.20. The Morgan fingerprint density at radius 3 is 2.50 bits per heavy atom. The van der Waals surface area contributed by atoms with E-state index in [9.17, 15) is 4.79 Å². The monoisotopic (exact) mass is 312 g/mol. The van der Waals surface area contributed by atoms with Crippen molar-refractivity contribution in [2.24, 2.45) is 5.41 Å². The Hall–Kier alpha value is -0.830. The van der Waals surface area contributed by atoms with Crippen molar-refractivity contribution >= 4 is 21.7 Å². The van der Waals surface area contributed by atoms with Crippen LogP contribution >= 0.6 is 15.9 Å². The molecule has 0 fully saturated rings. The summed E-state index contributed by atoms with van der Waals surface area (Å²) in [7, 11) is 1.62. The quantitative estimate of drug-likeness (QED) is 0.726. The Morgan fingerprint density at radius 2 is 2.00 bits per heavy atom. The van der Waals surface area contributed by atoms with E-state index in [0.717, 1.165) is 28.6 Å². The largest absolute Gasteiger partial charge is 0.496 e. The molecule has 0 amide bonds. The van der Waals surface area contributed by atoms with Crippen molar-refractivity contribution in [3.63, 3.8) is 0 Å². The minimum absolute atomic E-state index is 0.197. The highest BCUT2D eigenvalue weighted by atomic mass is 79.9. The van der Waals surface area contributed by atoms with Gasteiger partial charge in [-0.2, -0.15) is 0 Å². The zero-order valence-electron chi connectivity index (χ0n) is 11.5. The summed E-state index contributed by atoms with van der Waals surface area (Å²) in [6.45, 7) is 6.59. The van der Waals surface area contributed by atoms with E-state index < -0.39 is 0 Å². The number of carbonyl (C=O) groups is 1. The van der Waals surface area contributed by atoms with Crippen LogP contribution in [0.25, 0.3) is 0 Å². The number of rotatable bonds is 5. The van der Waals surface area contributed by atoms with Crippen molar-refractivity contribution in [3.05, 3.63) is 28.2 Å². The van der Waals surface area contributed by atoms with Gasteiger partial charge in [-0.25, -0.2) is 0 Å². The first kappa shape index (κ1) is 15.2. The van der Waals surface area contributed by atoms with E-state index in [-0.39, 0.29) is 5.78 Å². The van der Waals surface area contributed by atoms with Crippen LogP contribution in [-0.4, -0.2) is 12.9 Å². The van der Waals surface area contributed by atoms with E-state index in [2.05, 4.69) is 36.7 Å². The molecule has 0 aromatic heterocycles. The van der Waals surface area contributed by atoms with E-state index in [0.29, 0.717) is 11.8 Å². The molecule has 3 heteroatoms. The van der Waals surface area contributed by atoms with Gasteiger partial charge in [0.1, 0.15) is 5.75 Å². The lowest BCUT2D eigenvalue weighted by Crippen LogP contribution is -2.07. The highest BCUT2D eigenvalue weighted by Gasteiger charge is 2.13. The molecule has 0 atom stereocenters. The molecule has 0 aliphatic carbocycles. The van der Waals surface area contributed by atoms with Crippen LogP contribution < -0.4 is 4.74 Å². The summed E-state index contributed by atoms with van der Waals surface area (Å²) in [5, 5.41) is 0. The Bertz CT molecular complexity index is 419.